The van der Waals surface area contributed by atoms with Gasteiger partial charge >= 0.3 is 0 Å². The first-order valence-electron chi connectivity index (χ1n) is 10.9. The summed E-state index contributed by atoms with van der Waals surface area (Å²) in [6.07, 6.45) is 2.26. The maximum atomic E-state index is 13.8. The SMILES string of the molecule is CC1CCN(c2ncc(-c3cc(F)cc(F)c3)cc2C(=O)NS(=O)(=O)c2cccc(N)n2)C1(C)C. The van der Waals surface area contributed by atoms with Crippen molar-refractivity contribution in [2.24, 2.45) is 5.92 Å². The Morgan fingerprint density at radius 2 is 1.83 bits per heavy atom. The number of sulfonamides is 1. The van der Waals surface area contributed by atoms with E-state index in [-0.39, 0.29) is 39.8 Å². The smallest absolute Gasteiger partial charge is 0.281 e. The van der Waals surface area contributed by atoms with Crippen LogP contribution in [0.5, 0.6) is 0 Å². The number of hydrogen-bond acceptors (Lipinski definition) is 7. The van der Waals surface area contributed by atoms with Crippen molar-refractivity contribution in [2.45, 2.75) is 37.8 Å². The summed E-state index contributed by atoms with van der Waals surface area (Å²) in [5.41, 5.74) is 5.57. The van der Waals surface area contributed by atoms with Crippen molar-refractivity contribution in [2.75, 3.05) is 17.2 Å². The largest absolute Gasteiger partial charge is 0.384 e. The van der Waals surface area contributed by atoms with Crippen LogP contribution in [0, 0.1) is 17.6 Å². The van der Waals surface area contributed by atoms with Crippen molar-refractivity contribution in [3.8, 4) is 11.1 Å². The van der Waals surface area contributed by atoms with Gasteiger partial charge in [0.1, 0.15) is 23.3 Å². The first-order valence-corrected chi connectivity index (χ1v) is 12.4. The average Bonchev–Trinajstić information content (AvgIpc) is 3.04. The second-order valence-electron chi connectivity index (χ2n) is 9.08. The molecule has 4 rings (SSSR count). The molecule has 3 heterocycles. The number of aromatic nitrogens is 2. The number of hydrogen-bond donors (Lipinski definition) is 2. The summed E-state index contributed by atoms with van der Waals surface area (Å²) >= 11 is 0. The zero-order chi connectivity index (χ0) is 25.5. The summed E-state index contributed by atoms with van der Waals surface area (Å²) in [6, 6.07) is 8.37. The molecular formula is C24H25F2N5O3S. The van der Waals surface area contributed by atoms with E-state index in [0.29, 0.717) is 6.54 Å². The number of carbonyl (C=O) groups is 1. The molecule has 1 aliphatic heterocycles. The van der Waals surface area contributed by atoms with E-state index in [0.717, 1.165) is 24.6 Å². The van der Waals surface area contributed by atoms with E-state index in [1.165, 1.54) is 30.5 Å². The summed E-state index contributed by atoms with van der Waals surface area (Å²) in [4.78, 5) is 23.5. The summed E-state index contributed by atoms with van der Waals surface area (Å²) in [5, 5.41) is -0.418. The van der Waals surface area contributed by atoms with Crippen LogP contribution >= 0.6 is 0 Å². The van der Waals surface area contributed by atoms with Gasteiger partial charge in [-0.05, 0) is 62.1 Å². The maximum Gasteiger partial charge on any atom is 0.281 e. The number of pyridine rings is 2. The summed E-state index contributed by atoms with van der Waals surface area (Å²) in [5.74, 6) is -2.01. The molecule has 1 fully saturated rings. The fourth-order valence-electron chi connectivity index (χ4n) is 4.14. The van der Waals surface area contributed by atoms with Crippen LogP contribution < -0.4 is 15.4 Å². The Kier molecular flexibility index (Phi) is 6.22. The molecule has 0 radical (unpaired) electrons. The van der Waals surface area contributed by atoms with E-state index in [9.17, 15) is 22.0 Å². The number of nitrogens with zero attached hydrogens (tertiary/aromatic N) is 3. The minimum atomic E-state index is -4.36. The van der Waals surface area contributed by atoms with Gasteiger partial charge in [-0.3, -0.25) is 4.79 Å². The Morgan fingerprint density at radius 3 is 2.43 bits per heavy atom. The third kappa shape index (κ3) is 4.81. The van der Waals surface area contributed by atoms with Crippen LogP contribution in [-0.2, 0) is 10.0 Å². The highest BCUT2D eigenvalue weighted by molar-refractivity contribution is 7.90. The lowest BCUT2D eigenvalue weighted by atomic mass is 9.90. The summed E-state index contributed by atoms with van der Waals surface area (Å²) in [7, 11) is -4.36. The first-order chi connectivity index (χ1) is 16.4. The van der Waals surface area contributed by atoms with Gasteiger partial charge in [0, 0.05) is 29.9 Å². The van der Waals surface area contributed by atoms with Crippen molar-refractivity contribution < 1.29 is 22.0 Å². The molecule has 2 aromatic heterocycles. The summed E-state index contributed by atoms with van der Waals surface area (Å²) in [6.45, 7) is 6.70. The predicted octanol–water partition coefficient (Wildman–Crippen LogP) is 3.75. The number of halogens is 2. The zero-order valence-electron chi connectivity index (χ0n) is 19.4. The Morgan fingerprint density at radius 1 is 1.14 bits per heavy atom. The molecule has 8 nitrogen and oxygen atoms in total. The Bertz CT molecular complexity index is 1390. The fraction of sp³-hybridized carbons (Fsp3) is 0.292. The van der Waals surface area contributed by atoms with Crippen LogP contribution in [-0.4, -0.2) is 36.4 Å². The van der Waals surface area contributed by atoms with Crippen LogP contribution in [0.4, 0.5) is 20.4 Å². The van der Waals surface area contributed by atoms with Gasteiger partial charge in [0.2, 0.25) is 0 Å². The molecule has 184 valence electrons. The number of nitrogens with two attached hydrogens (primary N) is 1. The molecule has 1 aromatic carbocycles. The van der Waals surface area contributed by atoms with Crippen molar-refractivity contribution in [3.63, 3.8) is 0 Å². The first kappa shape index (κ1) is 24.5. The molecule has 3 aromatic rings. The van der Waals surface area contributed by atoms with Gasteiger partial charge in [-0.1, -0.05) is 13.0 Å². The zero-order valence-corrected chi connectivity index (χ0v) is 20.2. The minimum absolute atomic E-state index is 0.0226. The quantitative estimate of drug-likeness (QED) is 0.547. The highest BCUT2D eigenvalue weighted by Gasteiger charge is 2.41. The highest BCUT2D eigenvalue weighted by Crippen LogP contribution is 2.39. The lowest BCUT2D eigenvalue weighted by molar-refractivity contribution is 0.0981. The molecule has 1 amide bonds. The third-order valence-corrected chi connectivity index (χ3v) is 7.73. The van der Waals surface area contributed by atoms with Gasteiger partial charge in [-0.25, -0.2) is 23.5 Å². The Hall–Kier alpha value is -3.60. The number of nitrogen functional groups attached to an aromatic ring is 1. The van der Waals surface area contributed by atoms with Gasteiger partial charge < -0.3 is 10.6 Å². The molecule has 1 saturated heterocycles. The molecule has 1 atom stereocenters. The molecule has 0 aliphatic carbocycles. The summed E-state index contributed by atoms with van der Waals surface area (Å²) < 4.78 is 55.4. The van der Waals surface area contributed by atoms with Crippen LogP contribution in [0.25, 0.3) is 11.1 Å². The van der Waals surface area contributed by atoms with E-state index in [1.807, 2.05) is 23.5 Å². The number of nitrogens with one attached hydrogen (secondary N) is 1. The number of rotatable bonds is 5. The highest BCUT2D eigenvalue weighted by atomic mass is 32.2. The van der Waals surface area contributed by atoms with Gasteiger partial charge in [0.05, 0.1) is 5.56 Å². The Balaban J connectivity index is 1.81. The monoisotopic (exact) mass is 501 g/mol. The van der Waals surface area contributed by atoms with E-state index in [4.69, 9.17) is 5.73 Å². The van der Waals surface area contributed by atoms with Crippen LogP contribution in [0.2, 0.25) is 0 Å². The van der Waals surface area contributed by atoms with Crippen LogP contribution in [0.15, 0.2) is 53.7 Å². The molecule has 0 bridgehead atoms. The standard InChI is InChI=1S/C24H25F2N5O3S/c1-14-7-8-31(24(14,2)3)22-19(11-16(13-28-22)15-9-17(25)12-18(26)10-15)23(32)30-35(33,34)21-6-4-5-20(27)29-21/h4-6,9-14H,7-8H2,1-3H3,(H2,27,29)(H,30,32). The fourth-order valence-corrected chi connectivity index (χ4v) is 5.08. The van der Waals surface area contributed by atoms with Gasteiger partial charge in [0.25, 0.3) is 15.9 Å². The Labute approximate surface area is 202 Å². The van der Waals surface area contributed by atoms with Gasteiger partial charge in [0.15, 0.2) is 5.03 Å². The molecule has 0 saturated carbocycles. The minimum Gasteiger partial charge on any atom is -0.384 e. The molecule has 1 aliphatic rings. The van der Waals surface area contributed by atoms with Crippen molar-refractivity contribution in [1.29, 1.82) is 0 Å². The van der Waals surface area contributed by atoms with Gasteiger partial charge in [-0.15, -0.1) is 0 Å². The average molecular weight is 502 g/mol. The number of anilines is 2. The predicted molar refractivity (Wildman–Crippen MR) is 128 cm³/mol. The lowest BCUT2D eigenvalue weighted by Gasteiger charge is -2.36. The molecule has 3 N–H and O–H groups in total. The van der Waals surface area contributed by atoms with E-state index < -0.39 is 32.6 Å². The maximum absolute atomic E-state index is 13.8. The normalized spacial score (nSPS) is 17.4. The van der Waals surface area contributed by atoms with Crippen LogP contribution in [0.3, 0.4) is 0 Å². The lowest BCUT2D eigenvalue weighted by Crippen LogP contribution is -2.43. The van der Waals surface area contributed by atoms with Crippen LogP contribution in [0.1, 0.15) is 37.6 Å². The topological polar surface area (TPSA) is 118 Å². The molecule has 11 heteroatoms. The number of amides is 1. The van der Waals surface area contributed by atoms with Crippen molar-refractivity contribution in [3.05, 3.63) is 65.9 Å². The van der Waals surface area contributed by atoms with E-state index >= 15 is 0 Å². The van der Waals surface area contributed by atoms with E-state index in [1.54, 1.807) is 0 Å². The molecular weight excluding hydrogens is 476 g/mol. The molecule has 35 heavy (non-hydrogen) atoms. The van der Waals surface area contributed by atoms with E-state index in [2.05, 4.69) is 16.9 Å². The second-order valence-corrected chi connectivity index (χ2v) is 10.7. The number of benzene rings is 1. The van der Waals surface area contributed by atoms with Gasteiger partial charge in [-0.2, -0.15) is 8.42 Å². The van der Waals surface area contributed by atoms with Crippen molar-refractivity contribution >= 4 is 27.6 Å². The molecule has 0 spiro atoms. The third-order valence-electron chi connectivity index (χ3n) is 6.50. The second kappa shape index (κ2) is 8.88. The molecule has 1 unspecified atom stereocenters. The number of carbonyl (C=O) groups excluding carboxylic acids is 1. The van der Waals surface area contributed by atoms with Crippen molar-refractivity contribution in [1.82, 2.24) is 14.7 Å².